The van der Waals surface area contributed by atoms with Gasteiger partial charge in [0, 0.05) is 6.04 Å². The molecule has 22 heavy (non-hydrogen) atoms. The first-order valence-corrected chi connectivity index (χ1v) is 8.35. The Hall–Kier alpha value is -1.59. The topological polar surface area (TPSA) is 78.5 Å². The molecule has 1 saturated carbocycles. The Bertz CT molecular complexity index is 456. The molecule has 2 N–H and O–H groups in total. The van der Waals surface area contributed by atoms with Crippen molar-refractivity contribution in [1.82, 2.24) is 15.5 Å². The summed E-state index contributed by atoms with van der Waals surface area (Å²) in [6.45, 7) is 5.84. The zero-order valence-electron chi connectivity index (χ0n) is 13.8. The molecule has 124 valence electrons. The summed E-state index contributed by atoms with van der Waals surface area (Å²) in [5.41, 5.74) is -0.764. The Morgan fingerprint density at radius 2 is 2.00 bits per heavy atom. The monoisotopic (exact) mass is 309 g/mol. The van der Waals surface area contributed by atoms with E-state index in [4.69, 9.17) is 0 Å². The SMILES string of the molecule is CCC1CCC2(CC1)NC(=O)N(CC(=O)NC(C)CC)C2=O. The molecule has 2 rings (SSSR count). The van der Waals surface area contributed by atoms with E-state index >= 15 is 0 Å². The van der Waals surface area contributed by atoms with Crippen LogP contribution in [0, 0.1) is 5.92 Å². The fraction of sp³-hybridized carbons (Fsp3) is 0.812. The third-order valence-corrected chi connectivity index (χ3v) is 5.10. The second-order valence-electron chi connectivity index (χ2n) is 6.63. The van der Waals surface area contributed by atoms with Crippen molar-refractivity contribution >= 4 is 17.8 Å². The minimum Gasteiger partial charge on any atom is -0.352 e. The van der Waals surface area contributed by atoms with Crippen molar-refractivity contribution in [3.05, 3.63) is 0 Å². The first kappa shape index (κ1) is 16.8. The molecule has 0 aromatic rings. The number of nitrogens with one attached hydrogen (secondary N) is 2. The van der Waals surface area contributed by atoms with Crippen LogP contribution in [0.25, 0.3) is 0 Å². The molecule has 1 spiro atoms. The van der Waals surface area contributed by atoms with Crippen LogP contribution in [0.15, 0.2) is 0 Å². The van der Waals surface area contributed by atoms with E-state index in [1.807, 2.05) is 13.8 Å². The molecule has 2 aliphatic rings. The summed E-state index contributed by atoms with van der Waals surface area (Å²) in [6.07, 6.45) is 5.19. The van der Waals surface area contributed by atoms with Crippen LogP contribution in [-0.2, 0) is 9.59 Å². The predicted octanol–water partition coefficient (Wildman–Crippen LogP) is 1.79. The molecule has 1 aliphatic carbocycles. The second kappa shape index (κ2) is 6.67. The van der Waals surface area contributed by atoms with Gasteiger partial charge in [0.05, 0.1) is 0 Å². The number of hydrogen-bond acceptors (Lipinski definition) is 3. The van der Waals surface area contributed by atoms with E-state index < -0.39 is 11.6 Å². The molecule has 1 saturated heterocycles. The number of carbonyl (C=O) groups is 3. The van der Waals surface area contributed by atoms with Gasteiger partial charge < -0.3 is 10.6 Å². The fourth-order valence-electron chi connectivity index (χ4n) is 3.30. The van der Waals surface area contributed by atoms with Crippen LogP contribution in [0.1, 0.15) is 59.3 Å². The Morgan fingerprint density at radius 1 is 1.36 bits per heavy atom. The fourth-order valence-corrected chi connectivity index (χ4v) is 3.30. The van der Waals surface area contributed by atoms with Gasteiger partial charge in [0.1, 0.15) is 12.1 Å². The van der Waals surface area contributed by atoms with Gasteiger partial charge in [-0.3, -0.25) is 14.5 Å². The van der Waals surface area contributed by atoms with E-state index in [0.29, 0.717) is 18.8 Å². The van der Waals surface area contributed by atoms with Crippen LogP contribution in [0.3, 0.4) is 0 Å². The van der Waals surface area contributed by atoms with Crippen molar-refractivity contribution in [2.24, 2.45) is 5.92 Å². The minimum absolute atomic E-state index is 0.0437. The van der Waals surface area contributed by atoms with Crippen LogP contribution in [-0.4, -0.2) is 40.9 Å². The molecule has 0 aromatic carbocycles. The Labute approximate surface area is 132 Å². The Balaban J connectivity index is 1.99. The highest BCUT2D eigenvalue weighted by Crippen LogP contribution is 2.37. The van der Waals surface area contributed by atoms with Crippen molar-refractivity contribution in [2.75, 3.05) is 6.54 Å². The summed E-state index contributed by atoms with van der Waals surface area (Å²) in [6, 6.07) is -0.388. The molecule has 1 aliphatic heterocycles. The first-order valence-electron chi connectivity index (χ1n) is 8.35. The maximum Gasteiger partial charge on any atom is 0.325 e. The van der Waals surface area contributed by atoms with Crippen molar-refractivity contribution in [3.8, 4) is 0 Å². The van der Waals surface area contributed by atoms with Gasteiger partial charge in [-0.05, 0) is 44.9 Å². The number of rotatable bonds is 5. The highest BCUT2D eigenvalue weighted by atomic mass is 16.2. The largest absolute Gasteiger partial charge is 0.352 e. The zero-order valence-corrected chi connectivity index (χ0v) is 13.8. The van der Waals surface area contributed by atoms with Gasteiger partial charge in [-0.25, -0.2) is 4.79 Å². The van der Waals surface area contributed by atoms with Crippen molar-refractivity contribution in [2.45, 2.75) is 70.9 Å². The Morgan fingerprint density at radius 3 is 2.55 bits per heavy atom. The maximum absolute atomic E-state index is 12.6. The van der Waals surface area contributed by atoms with Gasteiger partial charge in [0.25, 0.3) is 5.91 Å². The van der Waals surface area contributed by atoms with Gasteiger partial charge in [0.2, 0.25) is 5.91 Å². The second-order valence-corrected chi connectivity index (χ2v) is 6.63. The molecule has 0 bridgehead atoms. The molecule has 6 heteroatoms. The normalized spacial score (nSPS) is 29.6. The smallest absolute Gasteiger partial charge is 0.325 e. The van der Waals surface area contributed by atoms with Gasteiger partial charge in [-0.15, -0.1) is 0 Å². The average molecular weight is 309 g/mol. The summed E-state index contributed by atoms with van der Waals surface area (Å²) < 4.78 is 0. The van der Waals surface area contributed by atoms with Gasteiger partial charge >= 0.3 is 6.03 Å². The van der Waals surface area contributed by atoms with Crippen molar-refractivity contribution < 1.29 is 14.4 Å². The van der Waals surface area contributed by atoms with Gasteiger partial charge in [-0.1, -0.05) is 20.3 Å². The van der Waals surface area contributed by atoms with E-state index in [1.54, 1.807) is 0 Å². The van der Waals surface area contributed by atoms with E-state index in [1.165, 1.54) is 0 Å². The van der Waals surface area contributed by atoms with Crippen LogP contribution in [0.2, 0.25) is 0 Å². The van der Waals surface area contributed by atoms with Gasteiger partial charge in [0.15, 0.2) is 0 Å². The summed E-state index contributed by atoms with van der Waals surface area (Å²) in [5, 5.41) is 5.64. The molecule has 4 amide bonds. The van der Waals surface area contributed by atoms with Crippen LogP contribution < -0.4 is 10.6 Å². The lowest BCUT2D eigenvalue weighted by Gasteiger charge is -2.34. The number of urea groups is 1. The summed E-state index contributed by atoms with van der Waals surface area (Å²) in [7, 11) is 0. The molecule has 0 aromatic heterocycles. The summed E-state index contributed by atoms with van der Waals surface area (Å²) in [4.78, 5) is 37.8. The number of hydrogen-bond donors (Lipinski definition) is 2. The summed E-state index contributed by atoms with van der Waals surface area (Å²) in [5.74, 6) is 0.126. The molecular weight excluding hydrogens is 282 g/mol. The molecule has 1 atom stereocenters. The molecular formula is C16H27N3O3. The number of amides is 4. The molecule has 2 fully saturated rings. The Kier molecular flexibility index (Phi) is 5.08. The van der Waals surface area contributed by atoms with Crippen LogP contribution >= 0.6 is 0 Å². The van der Waals surface area contributed by atoms with E-state index in [0.717, 1.165) is 30.6 Å². The van der Waals surface area contributed by atoms with E-state index in [9.17, 15) is 14.4 Å². The number of carbonyl (C=O) groups excluding carboxylic acids is 3. The molecule has 0 radical (unpaired) electrons. The third-order valence-electron chi connectivity index (χ3n) is 5.10. The van der Waals surface area contributed by atoms with Gasteiger partial charge in [-0.2, -0.15) is 0 Å². The maximum atomic E-state index is 12.6. The first-order chi connectivity index (χ1) is 10.4. The number of imide groups is 1. The van der Waals surface area contributed by atoms with Crippen molar-refractivity contribution in [1.29, 1.82) is 0 Å². The van der Waals surface area contributed by atoms with E-state index in [2.05, 4.69) is 17.6 Å². The average Bonchev–Trinajstić information content (AvgIpc) is 2.72. The highest BCUT2D eigenvalue weighted by molar-refractivity contribution is 6.09. The highest BCUT2D eigenvalue weighted by Gasteiger charge is 2.52. The van der Waals surface area contributed by atoms with Crippen LogP contribution in [0.5, 0.6) is 0 Å². The minimum atomic E-state index is -0.764. The number of nitrogens with zero attached hydrogens (tertiary/aromatic N) is 1. The predicted molar refractivity (Wildman–Crippen MR) is 83.1 cm³/mol. The lowest BCUT2D eigenvalue weighted by atomic mass is 9.75. The van der Waals surface area contributed by atoms with Crippen molar-refractivity contribution in [3.63, 3.8) is 0 Å². The standard InChI is InChI=1S/C16H27N3O3/c1-4-11(3)17-13(20)10-19-14(21)16(18-15(19)22)8-6-12(5-2)7-9-16/h11-12H,4-10H2,1-3H3,(H,17,20)(H,18,22). The quantitative estimate of drug-likeness (QED) is 0.760. The molecule has 6 nitrogen and oxygen atoms in total. The third kappa shape index (κ3) is 3.25. The van der Waals surface area contributed by atoms with E-state index in [-0.39, 0.29) is 24.4 Å². The summed E-state index contributed by atoms with van der Waals surface area (Å²) >= 11 is 0. The lowest BCUT2D eigenvalue weighted by Crippen LogP contribution is -2.50. The molecule has 1 heterocycles. The van der Waals surface area contributed by atoms with Crippen LogP contribution in [0.4, 0.5) is 4.79 Å². The zero-order chi connectivity index (χ0) is 16.3. The lowest BCUT2D eigenvalue weighted by molar-refractivity contribution is -0.136. The molecule has 1 unspecified atom stereocenters.